The topological polar surface area (TPSA) is 45.7 Å². The van der Waals surface area contributed by atoms with Gasteiger partial charge >= 0.3 is 0 Å². The normalized spacial score (nSPS) is 10.8. The van der Waals surface area contributed by atoms with Crippen LogP contribution < -0.4 is 9.64 Å². The number of aromatic nitrogens is 1. The van der Waals surface area contributed by atoms with Crippen LogP contribution in [0.4, 0.5) is 9.52 Å². The minimum atomic E-state index is -0.309. The number of halogens is 2. The van der Waals surface area contributed by atoms with Crippen LogP contribution in [-0.4, -0.2) is 49.6 Å². The quantitative estimate of drug-likeness (QED) is 0.519. The number of carbonyl (C=O) groups excluding carboxylic acids is 1. The second-order valence-corrected chi connectivity index (χ2v) is 7.92. The maximum absolute atomic E-state index is 13.5. The largest absolute Gasteiger partial charge is 0.484 e. The summed E-state index contributed by atoms with van der Waals surface area (Å²) >= 11 is 1.32. The zero-order valence-corrected chi connectivity index (χ0v) is 18.4. The number of anilines is 1. The standard InChI is InChI=1S/C21H24FN3O2S.ClH/c1-15-5-8-17(9-6-15)27-14-20(26)25(12-4-11-24(2)3)21-23-18-10-7-16(22)13-19(18)28-21;/h5-10,13H,4,11-12,14H2,1-3H3;1H. The summed E-state index contributed by atoms with van der Waals surface area (Å²) in [4.78, 5) is 21.1. The fourth-order valence-corrected chi connectivity index (χ4v) is 3.77. The summed E-state index contributed by atoms with van der Waals surface area (Å²) in [7, 11) is 3.99. The molecule has 3 aromatic rings. The highest BCUT2D eigenvalue weighted by molar-refractivity contribution is 7.22. The van der Waals surface area contributed by atoms with E-state index in [1.165, 1.54) is 23.5 Å². The van der Waals surface area contributed by atoms with Gasteiger partial charge in [-0.05, 0) is 64.3 Å². The van der Waals surface area contributed by atoms with E-state index in [0.717, 1.165) is 23.2 Å². The Morgan fingerprint density at radius 1 is 1.14 bits per heavy atom. The van der Waals surface area contributed by atoms with Gasteiger partial charge in [0.25, 0.3) is 5.91 Å². The molecule has 0 fully saturated rings. The van der Waals surface area contributed by atoms with Crippen molar-refractivity contribution in [3.63, 3.8) is 0 Å². The van der Waals surface area contributed by atoms with Crippen LogP contribution in [0.15, 0.2) is 42.5 Å². The first-order chi connectivity index (χ1) is 13.4. The number of amides is 1. The third-order valence-electron chi connectivity index (χ3n) is 4.24. The van der Waals surface area contributed by atoms with Gasteiger partial charge < -0.3 is 9.64 Å². The molecular formula is C21H25ClFN3O2S. The molecule has 0 spiro atoms. The lowest BCUT2D eigenvalue weighted by atomic mass is 10.2. The second-order valence-electron chi connectivity index (χ2n) is 6.91. The molecule has 2 aromatic carbocycles. The van der Waals surface area contributed by atoms with Gasteiger partial charge in [0.1, 0.15) is 11.6 Å². The van der Waals surface area contributed by atoms with Crippen LogP contribution in [0.1, 0.15) is 12.0 Å². The van der Waals surface area contributed by atoms with Gasteiger partial charge in [0, 0.05) is 6.54 Å². The van der Waals surface area contributed by atoms with Crippen LogP contribution in [0.25, 0.3) is 10.2 Å². The predicted octanol–water partition coefficient (Wildman–Crippen LogP) is 4.53. The molecule has 5 nitrogen and oxygen atoms in total. The minimum absolute atomic E-state index is 0. The van der Waals surface area contributed by atoms with Crippen LogP contribution in [0.5, 0.6) is 5.75 Å². The molecule has 8 heteroatoms. The van der Waals surface area contributed by atoms with E-state index in [4.69, 9.17) is 4.74 Å². The van der Waals surface area contributed by atoms with Crippen molar-refractivity contribution in [2.45, 2.75) is 13.3 Å². The van der Waals surface area contributed by atoms with Gasteiger partial charge in [0.05, 0.1) is 10.2 Å². The first kappa shape index (κ1) is 23.1. The van der Waals surface area contributed by atoms with Crippen LogP contribution in [0.2, 0.25) is 0 Å². The number of rotatable bonds is 8. The van der Waals surface area contributed by atoms with E-state index >= 15 is 0 Å². The van der Waals surface area contributed by atoms with Crippen LogP contribution in [-0.2, 0) is 4.79 Å². The molecule has 1 aromatic heterocycles. The molecule has 0 radical (unpaired) electrons. The highest BCUT2D eigenvalue weighted by Crippen LogP contribution is 2.29. The number of fused-ring (bicyclic) bond motifs is 1. The molecule has 3 rings (SSSR count). The molecule has 0 unspecified atom stereocenters. The molecular weight excluding hydrogens is 413 g/mol. The van der Waals surface area contributed by atoms with Gasteiger partial charge in [0.15, 0.2) is 11.7 Å². The Bertz CT molecular complexity index is 947. The van der Waals surface area contributed by atoms with Crippen LogP contribution in [0.3, 0.4) is 0 Å². The van der Waals surface area contributed by atoms with Crippen LogP contribution in [0, 0.1) is 12.7 Å². The molecule has 1 amide bonds. The lowest BCUT2D eigenvalue weighted by Gasteiger charge is -2.21. The molecule has 0 aliphatic rings. The number of benzene rings is 2. The lowest BCUT2D eigenvalue weighted by Crippen LogP contribution is -2.36. The Hall–Kier alpha value is -2.22. The molecule has 0 saturated heterocycles. The number of nitrogens with zero attached hydrogens (tertiary/aromatic N) is 3. The zero-order chi connectivity index (χ0) is 20.1. The number of thiazole rings is 1. The van der Waals surface area contributed by atoms with Gasteiger partial charge in [-0.25, -0.2) is 9.37 Å². The number of aryl methyl sites for hydroxylation is 1. The van der Waals surface area contributed by atoms with Crippen molar-refractivity contribution in [1.82, 2.24) is 9.88 Å². The van der Waals surface area contributed by atoms with Gasteiger partial charge in [0.2, 0.25) is 0 Å². The molecule has 0 N–H and O–H groups in total. The van der Waals surface area contributed by atoms with E-state index in [9.17, 15) is 9.18 Å². The molecule has 0 aliphatic carbocycles. The van der Waals surface area contributed by atoms with Crippen molar-refractivity contribution in [3.8, 4) is 5.75 Å². The Kier molecular flexibility index (Phi) is 8.37. The predicted molar refractivity (Wildman–Crippen MR) is 119 cm³/mol. The van der Waals surface area contributed by atoms with Crippen molar-refractivity contribution in [2.75, 3.05) is 38.7 Å². The van der Waals surface area contributed by atoms with E-state index in [-0.39, 0.29) is 30.7 Å². The van der Waals surface area contributed by atoms with Crippen molar-refractivity contribution in [2.24, 2.45) is 0 Å². The van der Waals surface area contributed by atoms with E-state index < -0.39 is 0 Å². The minimum Gasteiger partial charge on any atom is -0.484 e. The summed E-state index contributed by atoms with van der Waals surface area (Å²) in [5.74, 6) is 0.174. The van der Waals surface area contributed by atoms with E-state index in [1.807, 2.05) is 45.3 Å². The molecule has 0 saturated carbocycles. The molecule has 0 atom stereocenters. The zero-order valence-electron chi connectivity index (χ0n) is 16.7. The molecule has 29 heavy (non-hydrogen) atoms. The Morgan fingerprint density at radius 2 is 1.86 bits per heavy atom. The molecule has 156 valence electrons. The first-order valence-electron chi connectivity index (χ1n) is 9.13. The first-order valence-corrected chi connectivity index (χ1v) is 9.94. The SMILES string of the molecule is Cc1ccc(OCC(=O)N(CCCN(C)C)c2nc3ccc(F)cc3s2)cc1.Cl. The third-order valence-corrected chi connectivity index (χ3v) is 5.28. The van der Waals surface area contributed by atoms with Crippen molar-refractivity contribution in [1.29, 1.82) is 0 Å². The van der Waals surface area contributed by atoms with Crippen molar-refractivity contribution >= 4 is 45.0 Å². The van der Waals surface area contributed by atoms with E-state index in [1.54, 1.807) is 11.0 Å². The molecule has 1 heterocycles. The summed E-state index contributed by atoms with van der Waals surface area (Å²) < 4.78 is 19.9. The van der Waals surface area contributed by atoms with E-state index in [2.05, 4.69) is 9.88 Å². The fourth-order valence-electron chi connectivity index (χ4n) is 2.73. The third kappa shape index (κ3) is 6.39. The van der Waals surface area contributed by atoms with Crippen molar-refractivity contribution < 1.29 is 13.9 Å². The second kappa shape index (κ2) is 10.5. The number of hydrogen-bond acceptors (Lipinski definition) is 5. The van der Waals surface area contributed by atoms with Gasteiger partial charge in [-0.3, -0.25) is 9.69 Å². The summed E-state index contributed by atoms with van der Waals surface area (Å²) in [5, 5.41) is 0.567. The maximum Gasteiger partial charge on any atom is 0.266 e. The average molecular weight is 438 g/mol. The Morgan fingerprint density at radius 3 is 2.55 bits per heavy atom. The summed E-state index contributed by atoms with van der Waals surface area (Å²) in [6.07, 6.45) is 0.799. The number of carbonyl (C=O) groups is 1. The smallest absolute Gasteiger partial charge is 0.266 e. The lowest BCUT2D eigenvalue weighted by molar-refractivity contribution is -0.120. The molecule has 0 bridgehead atoms. The Labute approximate surface area is 180 Å². The van der Waals surface area contributed by atoms with E-state index in [0.29, 0.717) is 22.9 Å². The average Bonchev–Trinajstić information content (AvgIpc) is 3.07. The van der Waals surface area contributed by atoms with Gasteiger partial charge in [-0.1, -0.05) is 29.0 Å². The maximum atomic E-state index is 13.5. The van der Waals surface area contributed by atoms with Gasteiger partial charge in [-0.15, -0.1) is 12.4 Å². The highest BCUT2D eigenvalue weighted by atomic mass is 35.5. The summed E-state index contributed by atoms with van der Waals surface area (Å²) in [6, 6.07) is 12.0. The number of hydrogen-bond donors (Lipinski definition) is 0. The Balaban J connectivity index is 0.00000300. The monoisotopic (exact) mass is 437 g/mol. The van der Waals surface area contributed by atoms with Gasteiger partial charge in [-0.2, -0.15) is 0 Å². The molecule has 0 aliphatic heterocycles. The number of ether oxygens (including phenoxy) is 1. The van der Waals surface area contributed by atoms with Crippen LogP contribution >= 0.6 is 23.7 Å². The van der Waals surface area contributed by atoms with Crippen molar-refractivity contribution in [3.05, 3.63) is 53.8 Å². The summed E-state index contributed by atoms with van der Waals surface area (Å²) in [6.45, 7) is 3.30. The summed E-state index contributed by atoms with van der Waals surface area (Å²) in [5.41, 5.74) is 1.82. The fraction of sp³-hybridized carbons (Fsp3) is 0.333. The highest BCUT2D eigenvalue weighted by Gasteiger charge is 2.20.